The summed E-state index contributed by atoms with van der Waals surface area (Å²) in [5.41, 5.74) is 4.31. The van der Waals surface area contributed by atoms with E-state index in [2.05, 4.69) is 29.5 Å². The van der Waals surface area contributed by atoms with Gasteiger partial charge >= 0.3 is 0 Å². The van der Waals surface area contributed by atoms with Gasteiger partial charge in [0.05, 0.1) is 5.71 Å². The number of hydrogen-bond acceptors (Lipinski definition) is 4. The molecule has 2 aliphatic heterocycles. The molecule has 8 heteroatoms. The number of piperidine rings is 1. The minimum atomic E-state index is -0.916. The van der Waals surface area contributed by atoms with Gasteiger partial charge in [0.2, 0.25) is 11.8 Å². The molecule has 1 saturated heterocycles. The van der Waals surface area contributed by atoms with E-state index in [1.165, 1.54) is 16.1 Å². The Labute approximate surface area is 257 Å². The zero-order chi connectivity index (χ0) is 30.1. The first-order valence-corrected chi connectivity index (χ1v) is 15.4. The monoisotopic (exact) mass is 596 g/mol. The number of amides is 3. The van der Waals surface area contributed by atoms with Crippen LogP contribution >= 0.6 is 11.6 Å². The van der Waals surface area contributed by atoms with Gasteiger partial charge in [-0.25, -0.2) is 5.01 Å². The first-order chi connectivity index (χ1) is 20.7. The van der Waals surface area contributed by atoms with Crippen LogP contribution in [-0.2, 0) is 33.6 Å². The molecular weight excluding hydrogens is 560 g/mol. The van der Waals surface area contributed by atoms with E-state index in [0.29, 0.717) is 30.8 Å². The molecule has 0 spiro atoms. The fourth-order valence-corrected chi connectivity index (χ4v) is 7.24. The topological polar surface area (TPSA) is 82.1 Å². The van der Waals surface area contributed by atoms with Gasteiger partial charge in [-0.05, 0) is 59.6 Å². The minimum Gasteiger partial charge on any atom is -0.344 e. The normalized spacial score (nSPS) is 23.7. The van der Waals surface area contributed by atoms with E-state index >= 15 is 0 Å². The molecular formula is C35H37ClN4O3. The Morgan fingerprint density at radius 3 is 2.49 bits per heavy atom. The maximum atomic E-state index is 14.4. The molecule has 1 N–H and O–H groups in total. The van der Waals surface area contributed by atoms with E-state index < -0.39 is 11.5 Å². The molecule has 1 aliphatic carbocycles. The van der Waals surface area contributed by atoms with Crippen LogP contribution in [-0.4, -0.2) is 59.5 Å². The van der Waals surface area contributed by atoms with Crippen molar-refractivity contribution in [3.05, 3.63) is 106 Å². The predicted molar refractivity (Wildman–Crippen MR) is 168 cm³/mol. The smallest absolute Gasteiger partial charge is 0.256 e. The average Bonchev–Trinajstić information content (AvgIpc) is 3.26. The van der Waals surface area contributed by atoms with Crippen molar-refractivity contribution in [3.8, 4) is 0 Å². The molecule has 43 heavy (non-hydrogen) atoms. The second-order valence-electron chi connectivity index (χ2n) is 12.2. The van der Waals surface area contributed by atoms with Crippen LogP contribution in [0.1, 0.15) is 47.9 Å². The molecule has 3 amide bonds. The highest BCUT2D eigenvalue weighted by Gasteiger charge is 2.54. The third-order valence-corrected chi connectivity index (χ3v) is 9.70. The summed E-state index contributed by atoms with van der Waals surface area (Å²) in [6.45, 7) is 2.76. The summed E-state index contributed by atoms with van der Waals surface area (Å²) in [5, 5.41) is 9.78. The van der Waals surface area contributed by atoms with Gasteiger partial charge in [0.1, 0.15) is 11.5 Å². The lowest BCUT2D eigenvalue weighted by Gasteiger charge is -2.41. The van der Waals surface area contributed by atoms with E-state index in [0.717, 1.165) is 29.7 Å². The third kappa shape index (κ3) is 5.70. The summed E-state index contributed by atoms with van der Waals surface area (Å²) >= 11 is 6.14. The lowest BCUT2D eigenvalue weighted by atomic mass is 9.73. The van der Waals surface area contributed by atoms with Crippen LogP contribution in [0.5, 0.6) is 0 Å². The summed E-state index contributed by atoms with van der Waals surface area (Å²) in [7, 11) is 1.68. The van der Waals surface area contributed by atoms with Crippen molar-refractivity contribution < 1.29 is 14.4 Å². The quantitative estimate of drug-likeness (QED) is 0.416. The Morgan fingerprint density at radius 2 is 1.72 bits per heavy atom. The number of nitrogens with zero attached hydrogens (tertiary/aromatic N) is 3. The average molecular weight is 597 g/mol. The van der Waals surface area contributed by atoms with Crippen molar-refractivity contribution in [2.24, 2.45) is 16.4 Å². The first-order valence-electron chi connectivity index (χ1n) is 15.1. The Bertz CT molecular complexity index is 1560. The Balaban J connectivity index is 1.26. The Hall–Kier alpha value is -3.97. The molecule has 3 aromatic rings. The molecule has 3 aliphatic rings. The van der Waals surface area contributed by atoms with Gasteiger partial charge in [0, 0.05) is 43.9 Å². The van der Waals surface area contributed by atoms with Gasteiger partial charge in [-0.15, -0.1) is 0 Å². The second kappa shape index (κ2) is 12.0. The van der Waals surface area contributed by atoms with Gasteiger partial charge in [0.15, 0.2) is 0 Å². The SMILES string of the molecule is CC1c2ccccc2CCC1C(=O)N[C@H](Cc1ccc(Cl)cc1)C(=O)N1CCC2=NN(C)C(=O)C2(Cc2ccccc2)C1. The summed E-state index contributed by atoms with van der Waals surface area (Å²) in [4.78, 5) is 43.6. The van der Waals surface area contributed by atoms with Gasteiger partial charge < -0.3 is 10.2 Å². The van der Waals surface area contributed by atoms with Crippen LogP contribution in [0.3, 0.4) is 0 Å². The van der Waals surface area contributed by atoms with Gasteiger partial charge in [-0.2, -0.15) is 5.10 Å². The van der Waals surface area contributed by atoms with Crippen LogP contribution in [0, 0.1) is 11.3 Å². The highest BCUT2D eigenvalue weighted by Crippen LogP contribution is 2.39. The molecule has 2 heterocycles. The number of likely N-dealkylation sites (tertiary alicyclic amines) is 1. The van der Waals surface area contributed by atoms with Crippen molar-refractivity contribution in [2.75, 3.05) is 20.1 Å². The van der Waals surface area contributed by atoms with Crippen molar-refractivity contribution >= 4 is 35.0 Å². The molecule has 4 atom stereocenters. The minimum absolute atomic E-state index is 0.0470. The van der Waals surface area contributed by atoms with Crippen LogP contribution < -0.4 is 5.32 Å². The number of hydrazone groups is 1. The number of carbonyl (C=O) groups is 3. The standard InChI is InChI=1S/C35H37ClN4O3/c1-23-28-11-7-6-10-26(28)14-17-29(23)32(41)37-30(20-24-12-15-27(36)16-13-24)33(42)40-19-18-31-35(22-40,34(43)39(2)38-31)21-25-8-4-3-5-9-25/h3-13,15-16,23,29-30H,14,17-22H2,1-2H3,(H,37,41)/t23?,29?,30-,35?/m1/s1. The molecule has 0 aromatic heterocycles. The van der Waals surface area contributed by atoms with E-state index in [-0.39, 0.29) is 36.1 Å². The number of rotatable bonds is 7. The number of hydrogen-bond donors (Lipinski definition) is 1. The zero-order valence-electron chi connectivity index (χ0n) is 24.6. The van der Waals surface area contributed by atoms with E-state index in [1.807, 2.05) is 54.6 Å². The largest absolute Gasteiger partial charge is 0.344 e. The summed E-state index contributed by atoms with van der Waals surface area (Å²) < 4.78 is 0. The summed E-state index contributed by atoms with van der Waals surface area (Å²) in [6, 6.07) is 24.8. The van der Waals surface area contributed by atoms with Crippen LogP contribution in [0.2, 0.25) is 5.02 Å². The molecule has 3 aromatic carbocycles. The molecule has 7 nitrogen and oxygen atoms in total. The van der Waals surface area contributed by atoms with Gasteiger partial charge in [-0.1, -0.05) is 85.3 Å². The highest BCUT2D eigenvalue weighted by molar-refractivity contribution is 6.30. The summed E-state index contributed by atoms with van der Waals surface area (Å²) in [6.07, 6.45) is 2.87. The number of halogens is 1. The predicted octanol–water partition coefficient (Wildman–Crippen LogP) is 5.02. The molecule has 0 radical (unpaired) electrons. The number of fused-ring (bicyclic) bond motifs is 2. The lowest BCUT2D eigenvalue weighted by molar-refractivity contribution is -0.142. The fourth-order valence-electron chi connectivity index (χ4n) is 7.11. The van der Waals surface area contributed by atoms with Crippen molar-refractivity contribution in [1.29, 1.82) is 0 Å². The molecule has 1 fully saturated rings. The maximum Gasteiger partial charge on any atom is 0.256 e. The lowest BCUT2D eigenvalue weighted by Crippen LogP contribution is -2.59. The van der Waals surface area contributed by atoms with E-state index in [9.17, 15) is 14.4 Å². The van der Waals surface area contributed by atoms with Crippen molar-refractivity contribution in [1.82, 2.24) is 15.2 Å². The second-order valence-corrected chi connectivity index (χ2v) is 12.6. The van der Waals surface area contributed by atoms with Crippen LogP contribution in [0.15, 0.2) is 84.0 Å². The number of carbonyl (C=O) groups excluding carboxylic acids is 3. The van der Waals surface area contributed by atoms with Gasteiger partial charge in [-0.3, -0.25) is 14.4 Å². The molecule has 3 unspecified atom stereocenters. The van der Waals surface area contributed by atoms with Crippen molar-refractivity contribution in [2.45, 2.75) is 51.0 Å². The fraction of sp³-hybridized carbons (Fsp3) is 0.371. The maximum absolute atomic E-state index is 14.4. The number of nitrogens with one attached hydrogen (secondary N) is 1. The Kier molecular flexibility index (Phi) is 8.10. The third-order valence-electron chi connectivity index (χ3n) is 9.44. The van der Waals surface area contributed by atoms with E-state index in [4.69, 9.17) is 11.6 Å². The number of benzene rings is 3. The Morgan fingerprint density at radius 1 is 1.00 bits per heavy atom. The molecule has 0 saturated carbocycles. The molecule has 6 rings (SSSR count). The molecule has 0 bridgehead atoms. The number of aryl methyl sites for hydroxylation is 1. The van der Waals surface area contributed by atoms with E-state index in [1.54, 1.807) is 24.1 Å². The van der Waals surface area contributed by atoms with Crippen LogP contribution in [0.4, 0.5) is 0 Å². The van der Waals surface area contributed by atoms with Gasteiger partial charge in [0.25, 0.3) is 5.91 Å². The summed E-state index contributed by atoms with van der Waals surface area (Å²) in [5.74, 6) is -0.571. The first kappa shape index (κ1) is 29.1. The highest BCUT2D eigenvalue weighted by atomic mass is 35.5. The molecule has 222 valence electrons. The van der Waals surface area contributed by atoms with Crippen molar-refractivity contribution in [3.63, 3.8) is 0 Å². The zero-order valence-corrected chi connectivity index (χ0v) is 25.4. The van der Waals surface area contributed by atoms with Crippen LogP contribution in [0.25, 0.3) is 0 Å².